The number of rotatable bonds is 11. The van der Waals surface area contributed by atoms with Crippen LogP contribution in [0.25, 0.3) is 5.52 Å². The van der Waals surface area contributed by atoms with Crippen molar-refractivity contribution in [3.8, 4) is 11.8 Å². The van der Waals surface area contributed by atoms with Gasteiger partial charge in [0.1, 0.15) is 41.4 Å². The van der Waals surface area contributed by atoms with Crippen LogP contribution in [-0.4, -0.2) is 69.2 Å². The van der Waals surface area contributed by atoms with Gasteiger partial charge in [0.05, 0.1) is 25.3 Å². The molecule has 0 saturated carbocycles. The van der Waals surface area contributed by atoms with Crippen LogP contribution in [0.1, 0.15) is 33.4 Å². The largest absolute Gasteiger partial charge is 0.468 e. The van der Waals surface area contributed by atoms with E-state index in [-0.39, 0.29) is 17.3 Å². The van der Waals surface area contributed by atoms with E-state index in [4.69, 9.17) is 29.0 Å². The molecule has 1 fully saturated rings. The van der Waals surface area contributed by atoms with E-state index >= 15 is 0 Å². The minimum atomic E-state index is -4.37. The van der Waals surface area contributed by atoms with Gasteiger partial charge in [-0.1, -0.05) is 32.0 Å². The van der Waals surface area contributed by atoms with Crippen molar-refractivity contribution in [1.82, 2.24) is 19.7 Å². The van der Waals surface area contributed by atoms with Crippen LogP contribution in [0.15, 0.2) is 48.8 Å². The molecular weight excluding hydrogens is 583 g/mol. The summed E-state index contributed by atoms with van der Waals surface area (Å²) in [6.45, 7) is 5.23. The van der Waals surface area contributed by atoms with Crippen molar-refractivity contribution in [3.05, 3.63) is 54.5 Å². The summed E-state index contributed by atoms with van der Waals surface area (Å²) in [6.07, 6.45) is -1.71. The first kappa shape index (κ1) is 31.9. The highest BCUT2D eigenvalue weighted by atomic mass is 31.2. The van der Waals surface area contributed by atoms with Crippen molar-refractivity contribution < 1.29 is 42.5 Å². The third-order valence-electron chi connectivity index (χ3n) is 6.93. The Hall–Kier alpha value is -4.06. The summed E-state index contributed by atoms with van der Waals surface area (Å²) in [5.74, 6) is -1.78. The van der Waals surface area contributed by atoms with E-state index in [1.807, 2.05) is 6.07 Å². The van der Waals surface area contributed by atoms with Crippen LogP contribution >= 0.6 is 7.75 Å². The standard InChI is InChI=1S/C27H33N6O9P/c1-16(2)24(34)40-22-20(13-39-43(37,32-17(3)25(35)38-5)42-18-9-7-6-8-10-18)41-27(14-28,26(22,4)36)21-12-11-19-23(29)30-15-31-33(19)21/h6-12,15-17,20,22,36H,13H2,1-5H3,(H,32,37)(H2,29,30,31)/t17-,20+,22+,26+,27-,43-/m0/s1. The average Bonchev–Trinajstić information content (AvgIpc) is 3.50. The Kier molecular flexibility index (Phi) is 9.10. The van der Waals surface area contributed by atoms with Gasteiger partial charge in [-0.05, 0) is 38.1 Å². The van der Waals surface area contributed by atoms with Gasteiger partial charge in [0.2, 0.25) is 5.60 Å². The minimum absolute atomic E-state index is 0.0679. The number of esters is 2. The van der Waals surface area contributed by atoms with Crippen LogP contribution in [0.3, 0.4) is 0 Å². The zero-order chi connectivity index (χ0) is 31.6. The van der Waals surface area contributed by atoms with Gasteiger partial charge in [0.25, 0.3) is 0 Å². The van der Waals surface area contributed by atoms with Gasteiger partial charge in [0, 0.05) is 0 Å². The maximum atomic E-state index is 14.0. The number of nitrogens with one attached hydrogen (secondary N) is 1. The highest BCUT2D eigenvalue weighted by Crippen LogP contribution is 2.51. The van der Waals surface area contributed by atoms with E-state index in [1.165, 1.54) is 42.9 Å². The number of carbonyl (C=O) groups is 2. The summed E-state index contributed by atoms with van der Waals surface area (Å²) >= 11 is 0. The number of carbonyl (C=O) groups excluding carboxylic acids is 2. The number of para-hydroxylation sites is 1. The molecule has 0 radical (unpaired) electrons. The van der Waals surface area contributed by atoms with E-state index in [9.17, 15) is 24.5 Å². The molecule has 0 bridgehead atoms. The monoisotopic (exact) mass is 616 g/mol. The zero-order valence-electron chi connectivity index (χ0n) is 24.2. The van der Waals surface area contributed by atoms with Crippen LogP contribution in [0, 0.1) is 17.2 Å². The smallest absolute Gasteiger partial charge is 0.459 e. The SMILES string of the molecule is COC(=O)[C@H](C)N[P@](=O)(OC[C@H]1O[C@@](C#N)(c2ccc3c(N)ncnn23)[C@](C)(O)[C@@H]1OC(=O)C(C)C)Oc1ccccc1. The minimum Gasteiger partial charge on any atom is -0.468 e. The quantitative estimate of drug-likeness (QED) is 0.208. The number of nitrogens with zero attached hydrogens (tertiary/aromatic N) is 4. The Bertz CT molecular complexity index is 1570. The number of fused-ring (bicyclic) bond motifs is 1. The van der Waals surface area contributed by atoms with E-state index < -0.39 is 61.7 Å². The summed E-state index contributed by atoms with van der Waals surface area (Å²) in [4.78, 5) is 28.8. The van der Waals surface area contributed by atoms with Gasteiger partial charge < -0.3 is 29.6 Å². The highest BCUT2D eigenvalue weighted by Gasteiger charge is 2.67. The molecule has 230 valence electrons. The number of aromatic nitrogens is 3. The number of methoxy groups -OCH3 is 1. The summed E-state index contributed by atoms with van der Waals surface area (Å²) < 4.78 is 43.2. The topological polar surface area (TPSA) is 210 Å². The molecule has 0 aliphatic carbocycles. The molecule has 0 amide bonds. The van der Waals surface area contributed by atoms with Crippen molar-refractivity contribution in [1.29, 1.82) is 5.26 Å². The Morgan fingerprint density at radius 1 is 1.23 bits per heavy atom. The average molecular weight is 617 g/mol. The molecule has 1 saturated heterocycles. The van der Waals surface area contributed by atoms with Crippen molar-refractivity contribution in [3.63, 3.8) is 0 Å². The van der Waals surface area contributed by atoms with Gasteiger partial charge >= 0.3 is 19.7 Å². The Labute approximate surface area is 247 Å². The second kappa shape index (κ2) is 12.3. The fourth-order valence-corrected chi connectivity index (χ4v) is 6.13. The number of anilines is 1. The molecule has 4 rings (SSSR count). The van der Waals surface area contributed by atoms with Crippen LogP contribution < -0.4 is 15.3 Å². The van der Waals surface area contributed by atoms with Gasteiger partial charge in [-0.15, -0.1) is 0 Å². The number of nitrogen functional groups attached to an aromatic ring is 1. The van der Waals surface area contributed by atoms with Gasteiger partial charge in [0.15, 0.2) is 11.9 Å². The first-order valence-corrected chi connectivity index (χ1v) is 14.8. The fourth-order valence-electron chi connectivity index (χ4n) is 4.63. The van der Waals surface area contributed by atoms with Crippen LogP contribution in [0.2, 0.25) is 0 Å². The predicted octanol–water partition coefficient (Wildman–Crippen LogP) is 2.10. The van der Waals surface area contributed by atoms with E-state index in [0.29, 0.717) is 5.52 Å². The zero-order valence-corrected chi connectivity index (χ0v) is 25.1. The highest BCUT2D eigenvalue weighted by molar-refractivity contribution is 7.52. The second-order valence-corrected chi connectivity index (χ2v) is 12.0. The number of ether oxygens (including phenoxy) is 3. The normalized spacial score (nSPS) is 25.5. The van der Waals surface area contributed by atoms with E-state index in [2.05, 4.69) is 15.2 Å². The molecular formula is C27H33N6O9P. The molecule has 3 heterocycles. The number of nitriles is 1. The number of hydrogen-bond donors (Lipinski definition) is 3. The van der Waals surface area contributed by atoms with Crippen molar-refractivity contribution in [2.75, 3.05) is 19.5 Å². The maximum absolute atomic E-state index is 14.0. The molecule has 0 spiro atoms. The number of aliphatic hydroxyl groups is 1. The van der Waals surface area contributed by atoms with Gasteiger partial charge in [-0.25, -0.2) is 14.1 Å². The lowest BCUT2D eigenvalue weighted by molar-refractivity contribution is -0.168. The maximum Gasteiger partial charge on any atom is 0.459 e. The van der Waals surface area contributed by atoms with E-state index in [0.717, 1.165) is 7.11 Å². The molecule has 1 aliphatic rings. The molecule has 43 heavy (non-hydrogen) atoms. The number of hydrogen-bond acceptors (Lipinski definition) is 13. The first-order valence-electron chi connectivity index (χ1n) is 13.2. The number of benzene rings is 1. The van der Waals surface area contributed by atoms with Crippen molar-refractivity contribution in [2.24, 2.45) is 5.92 Å². The third-order valence-corrected chi connectivity index (χ3v) is 8.57. The van der Waals surface area contributed by atoms with Crippen molar-refractivity contribution in [2.45, 2.75) is 57.1 Å². The predicted molar refractivity (Wildman–Crippen MR) is 150 cm³/mol. The molecule has 2 aromatic heterocycles. The van der Waals surface area contributed by atoms with Crippen molar-refractivity contribution >= 4 is 31.0 Å². The molecule has 4 N–H and O–H groups in total. The lowest BCUT2D eigenvalue weighted by Gasteiger charge is -2.34. The van der Waals surface area contributed by atoms with Crippen LogP contribution in [-0.2, 0) is 38.5 Å². The van der Waals surface area contributed by atoms with Gasteiger partial charge in [-0.2, -0.15) is 15.4 Å². The molecule has 6 atom stereocenters. The first-order chi connectivity index (χ1) is 20.3. The number of nitrogens with two attached hydrogens (primary N) is 1. The lowest BCUT2D eigenvalue weighted by Crippen LogP contribution is -2.54. The van der Waals surface area contributed by atoms with Gasteiger partial charge in [-0.3, -0.25) is 14.1 Å². The van der Waals surface area contributed by atoms with E-state index in [1.54, 1.807) is 38.1 Å². The molecule has 1 aliphatic heterocycles. The molecule has 1 aromatic carbocycles. The Morgan fingerprint density at radius 3 is 2.56 bits per heavy atom. The second-order valence-electron chi connectivity index (χ2n) is 10.3. The summed E-state index contributed by atoms with van der Waals surface area (Å²) in [7, 11) is -3.21. The van der Waals surface area contributed by atoms with Crippen LogP contribution in [0.5, 0.6) is 5.75 Å². The third kappa shape index (κ3) is 6.06. The summed E-state index contributed by atoms with van der Waals surface area (Å²) in [5.41, 5.74) is 1.99. The summed E-state index contributed by atoms with van der Waals surface area (Å²) in [5, 5.41) is 29.1. The fraction of sp³-hybridized carbons (Fsp3) is 0.444. The molecule has 0 unspecified atom stereocenters. The molecule has 16 heteroatoms. The summed E-state index contributed by atoms with van der Waals surface area (Å²) in [6, 6.07) is 12.0. The molecule has 3 aromatic rings. The lowest BCUT2D eigenvalue weighted by atomic mass is 9.80. The Balaban J connectivity index is 1.74. The molecule has 15 nitrogen and oxygen atoms in total. The Morgan fingerprint density at radius 2 is 1.93 bits per heavy atom. The van der Waals surface area contributed by atoms with Crippen LogP contribution in [0.4, 0.5) is 5.82 Å².